The van der Waals surface area contributed by atoms with E-state index in [1.165, 1.54) is 11.3 Å². The van der Waals surface area contributed by atoms with Crippen molar-refractivity contribution >= 4 is 32.9 Å². The van der Waals surface area contributed by atoms with Crippen molar-refractivity contribution < 1.29 is 0 Å². The maximum absolute atomic E-state index is 11.8. The Morgan fingerprint density at radius 3 is 2.95 bits per heavy atom. The first-order valence-electron chi connectivity index (χ1n) is 6.74. The van der Waals surface area contributed by atoms with Crippen LogP contribution < -0.4 is 5.43 Å². The maximum atomic E-state index is 11.8. The number of rotatable bonds is 3. The molecule has 0 spiro atoms. The van der Waals surface area contributed by atoms with Crippen LogP contribution in [0.5, 0.6) is 0 Å². The molecule has 0 fully saturated rings. The highest BCUT2D eigenvalue weighted by Crippen LogP contribution is 2.23. The van der Waals surface area contributed by atoms with Crippen LogP contribution in [0.4, 0.5) is 0 Å². The van der Waals surface area contributed by atoms with Gasteiger partial charge >= 0.3 is 0 Å². The van der Waals surface area contributed by atoms with E-state index in [9.17, 15) is 4.79 Å². The Morgan fingerprint density at radius 2 is 2.09 bits per heavy atom. The Hall–Kier alpha value is -2.31. The smallest absolute Gasteiger partial charge is 0.199 e. The Kier molecular flexibility index (Phi) is 3.32. The molecule has 0 aliphatic rings. The second-order valence-corrected chi connectivity index (χ2v) is 6.58. The second-order valence-electron chi connectivity index (χ2n) is 4.80. The van der Waals surface area contributed by atoms with Gasteiger partial charge in [0, 0.05) is 23.8 Å². The van der Waals surface area contributed by atoms with Crippen molar-refractivity contribution in [2.45, 2.75) is 6.54 Å². The first kappa shape index (κ1) is 13.4. The van der Waals surface area contributed by atoms with Crippen LogP contribution in [0, 0.1) is 0 Å². The van der Waals surface area contributed by atoms with Crippen LogP contribution in [0.3, 0.4) is 0 Å². The fraction of sp³-hybridized carbons (Fsp3) is 0.0625. The maximum Gasteiger partial charge on any atom is 0.199 e. The average Bonchev–Trinajstić information content (AvgIpc) is 3.21. The van der Waals surface area contributed by atoms with Crippen LogP contribution in [0.1, 0.15) is 5.69 Å². The van der Waals surface area contributed by atoms with Crippen molar-refractivity contribution in [1.29, 1.82) is 0 Å². The summed E-state index contributed by atoms with van der Waals surface area (Å²) in [4.78, 5) is 20.8. The number of hydrogen-bond acceptors (Lipinski definition) is 5. The van der Waals surface area contributed by atoms with E-state index in [1.807, 2.05) is 41.2 Å². The summed E-state index contributed by atoms with van der Waals surface area (Å²) in [7, 11) is 0. The number of fused-ring (bicyclic) bond motifs is 1. The minimum atomic E-state index is 0.0775. The summed E-state index contributed by atoms with van der Waals surface area (Å²) in [5.41, 5.74) is 2.90. The van der Waals surface area contributed by atoms with Crippen LogP contribution in [0.15, 0.2) is 58.3 Å². The summed E-state index contributed by atoms with van der Waals surface area (Å²) in [6.07, 6.45) is 3.60. The molecule has 0 bridgehead atoms. The highest BCUT2D eigenvalue weighted by atomic mass is 32.1. The van der Waals surface area contributed by atoms with Gasteiger partial charge in [-0.05, 0) is 23.6 Å². The van der Waals surface area contributed by atoms with Gasteiger partial charge in [-0.25, -0.2) is 4.98 Å². The molecule has 0 aliphatic heterocycles. The number of aromatic nitrogens is 3. The number of nitrogens with zero attached hydrogens (tertiary/aromatic N) is 3. The lowest BCUT2D eigenvalue weighted by atomic mass is 10.3. The van der Waals surface area contributed by atoms with Gasteiger partial charge in [-0.3, -0.25) is 9.78 Å². The van der Waals surface area contributed by atoms with E-state index in [4.69, 9.17) is 0 Å². The van der Waals surface area contributed by atoms with E-state index in [0.717, 1.165) is 26.6 Å². The molecule has 0 unspecified atom stereocenters. The number of thiophene rings is 1. The molecule has 108 valence electrons. The van der Waals surface area contributed by atoms with Crippen LogP contribution in [-0.2, 0) is 6.54 Å². The van der Waals surface area contributed by atoms with Gasteiger partial charge < -0.3 is 4.57 Å². The van der Waals surface area contributed by atoms with Gasteiger partial charge in [0.05, 0.1) is 28.1 Å². The topological polar surface area (TPSA) is 47.8 Å². The van der Waals surface area contributed by atoms with Crippen molar-refractivity contribution in [3.05, 3.63) is 69.4 Å². The van der Waals surface area contributed by atoms with Crippen LogP contribution >= 0.6 is 22.7 Å². The summed E-state index contributed by atoms with van der Waals surface area (Å²) in [6, 6.07) is 9.41. The zero-order valence-corrected chi connectivity index (χ0v) is 13.1. The summed E-state index contributed by atoms with van der Waals surface area (Å²) in [5.74, 6) is 0. The number of pyridine rings is 2. The lowest BCUT2D eigenvalue weighted by Gasteiger charge is -2.05. The van der Waals surface area contributed by atoms with E-state index >= 15 is 0 Å². The Balaban J connectivity index is 1.69. The monoisotopic (exact) mass is 325 g/mol. The molecule has 0 atom stereocenters. The van der Waals surface area contributed by atoms with Gasteiger partial charge in [0.25, 0.3) is 0 Å². The lowest BCUT2D eigenvalue weighted by molar-refractivity contribution is 0.806. The zero-order chi connectivity index (χ0) is 14.9. The van der Waals surface area contributed by atoms with E-state index in [2.05, 4.69) is 14.5 Å². The van der Waals surface area contributed by atoms with Gasteiger partial charge in [-0.2, -0.15) is 0 Å². The van der Waals surface area contributed by atoms with Crippen LogP contribution in [-0.4, -0.2) is 14.5 Å². The second kappa shape index (κ2) is 5.47. The predicted molar refractivity (Wildman–Crippen MR) is 90.5 cm³/mol. The fourth-order valence-corrected chi connectivity index (χ4v) is 3.94. The molecular weight excluding hydrogens is 314 g/mol. The summed E-state index contributed by atoms with van der Waals surface area (Å²) in [5, 5.41) is 4.90. The third-order valence-electron chi connectivity index (χ3n) is 3.35. The zero-order valence-electron chi connectivity index (χ0n) is 11.5. The molecule has 4 heterocycles. The minimum absolute atomic E-state index is 0.0775. The predicted octanol–water partition coefficient (Wildman–Crippen LogP) is 3.63. The average molecular weight is 325 g/mol. The molecule has 0 N–H and O–H groups in total. The van der Waals surface area contributed by atoms with Gasteiger partial charge in [0.1, 0.15) is 5.01 Å². The Labute approximate surface area is 134 Å². The highest BCUT2D eigenvalue weighted by Gasteiger charge is 2.08. The summed E-state index contributed by atoms with van der Waals surface area (Å²) >= 11 is 3.07. The van der Waals surface area contributed by atoms with Gasteiger partial charge in [-0.1, -0.05) is 6.07 Å². The lowest BCUT2D eigenvalue weighted by Crippen LogP contribution is -2.07. The molecule has 4 rings (SSSR count). The van der Waals surface area contributed by atoms with Crippen LogP contribution in [0.2, 0.25) is 0 Å². The van der Waals surface area contributed by atoms with E-state index in [1.54, 1.807) is 23.6 Å². The summed E-state index contributed by atoms with van der Waals surface area (Å²) in [6.45, 7) is 0.650. The van der Waals surface area contributed by atoms with Crippen molar-refractivity contribution in [3.8, 4) is 10.7 Å². The van der Waals surface area contributed by atoms with Crippen molar-refractivity contribution in [1.82, 2.24) is 14.5 Å². The first-order valence-corrected chi connectivity index (χ1v) is 8.50. The van der Waals surface area contributed by atoms with Crippen molar-refractivity contribution in [2.75, 3.05) is 0 Å². The standard InChI is InChI=1S/C16H11N3OS2/c20-14-4-7-19(13-5-8-21-15(13)14)9-11-10-22-16(18-11)12-3-1-2-6-17-12/h1-8,10H,9H2. The molecule has 0 aromatic carbocycles. The normalized spacial score (nSPS) is 11.1. The Bertz CT molecular complexity index is 985. The van der Waals surface area contributed by atoms with Crippen molar-refractivity contribution in [2.24, 2.45) is 0 Å². The third kappa shape index (κ3) is 2.36. The van der Waals surface area contributed by atoms with E-state index < -0.39 is 0 Å². The van der Waals surface area contributed by atoms with Gasteiger partial charge in [0.15, 0.2) is 5.43 Å². The first-order chi connectivity index (χ1) is 10.8. The summed E-state index contributed by atoms with van der Waals surface area (Å²) < 4.78 is 2.85. The molecule has 0 saturated carbocycles. The number of thiazole rings is 1. The quantitative estimate of drug-likeness (QED) is 0.578. The molecule has 0 aliphatic carbocycles. The molecule has 0 amide bonds. The molecule has 4 aromatic rings. The van der Waals surface area contributed by atoms with Gasteiger partial charge in [0.2, 0.25) is 0 Å². The molecule has 22 heavy (non-hydrogen) atoms. The highest BCUT2D eigenvalue weighted by molar-refractivity contribution is 7.17. The molecular formula is C16H11N3OS2. The molecule has 4 aromatic heterocycles. The number of hydrogen-bond donors (Lipinski definition) is 0. The third-order valence-corrected chi connectivity index (χ3v) is 5.18. The molecule has 4 nitrogen and oxygen atoms in total. The largest absolute Gasteiger partial charge is 0.341 e. The Morgan fingerprint density at radius 1 is 1.14 bits per heavy atom. The van der Waals surface area contributed by atoms with E-state index in [0.29, 0.717) is 6.54 Å². The minimum Gasteiger partial charge on any atom is -0.341 e. The van der Waals surface area contributed by atoms with Crippen molar-refractivity contribution in [3.63, 3.8) is 0 Å². The van der Waals surface area contributed by atoms with E-state index in [-0.39, 0.29) is 5.43 Å². The van der Waals surface area contributed by atoms with Gasteiger partial charge in [-0.15, -0.1) is 22.7 Å². The molecule has 0 saturated heterocycles. The molecule has 0 radical (unpaired) electrons. The van der Waals surface area contributed by atoms with Crippen LogP contribution in [0.25, 0.3) is 20.9 Å². The fourth-order valence-electron chi connectivity index (χ4n) is 2.33. The SMILES string of the molecule is O=c1ccn(Cc2csc(-c3ccccn3)n2)c2ccsc12. The molecule has 6 heteroatoms.